The van der Waals surface area contributed by atoms with Gasteiger partial charge in [-0.15, -0.1) is 0 Å². The fourth-order valence-electron chi connectivity index (χ4n) is 1.07. The molecule has 0 aromatic heterocycles. The van der Waals surface area contributed by atoms with Crippen molar-refractivity contribution >= 4 is 11.8 Å². The van der Waals surface area contributed by atoms with Crippen LogP contribution in [0.3, 0.4) is 0 Å². The minimum atomic E-state index is -0.976. The fraction of sp³-hybridized carbons (Fsp3) is 0.714. The minimum absolute atomic E-state index is 0.223. The van der Waals surface area contributed by atoms with Gasteiger partial charge in [0.1, 0.15) is 0 Å². The molecule has 5 nitrogen and oxygen atoms in total. The Kier molecular flexibility index (Phi) is 8.84. The standard InChI is InChI=1S/C14H22O5/c1-6-17-14(18-7-2)12(15)9-8-11(5)19-13(16)10(3)4/h10-11,14H,6-7H2,1-5H3. The van der Waals surface area contributed by atoms with Crippen LogP contribution < -0.4 is 0 Å². The van der Waals surface area contributed by atoms with Gasteiger partial charge in [-0.05, 0) is 26.7 Å². The molecule has 0 radical (unpaired) electrons. The largest absolute Gasteiger partial charge is 0.449 e. The van der Waals surface area contributed by atoms with E-state index in [9.17, 15) is 9.59 Å². The van der Waals surface area contributed by atoms with Crippen molar-refractivity contribution in [2.75, 3.05) is 13.2 Å². The molecule has 0 aromatic carbocycles. The predicted octanol–water partition coefficient (Wildman–Crippen LogP) is 1.55. The maximum absolute atomic E-state index is 11.7. The molecule has 0 aliphatic heterocycles. The zero-order valence-corrected chi connectivity index (χ0v) is 12.2. The Hall–Kier alpha value is -1.38. The number of hydrogen-bond donors (Lipinski definition) is 0. The second-order valence-electron chi connectivity index (χ2n) is 4.11. The van der Waals surface area contributed by atoms with Gasteiger partial charge >= 0.3 is 5.97 Å². The molecule has 0 rings (SSSR count). The minimum Gasteiger partial charge on any atom is -0.449 e. The van der Waals surface area contributed by atoms with Crippen LogP contribution in [-0.2, 0) is 23.8 Å². The molecule has 0 N–H and O–H groups in total. The quantitative estimate of drug-likeness (QED) is 0.304. The molecule has 0 heterocycles. The Labute approximate surface area is 114 Å². The summed E-state index contributed by atoms with van der Waals surface area (Å²) < 4.78 is 15.2. The molecule has 0 spiro atoms. The predicted molar refractivity (Wildman–Crippen MR) is 70.2 cm³/mol. The Morgan fingerprint density at radius 2 is 1.58 bits per heavy atom. The second kappa shape index (κ2) is 9.54. The number of carbonyl (C=O) groups excluding carboxylic acids is 2. The van der Waals surface area contributed by atoms with Crippen LogP contribution >= 0.6 is 0 Å². The van der Waals surface area contributed by atoms with Gasteiger partial charge in [-0.25, -0.2) is 0 Å². The highest BCUT2D eigenvalue weighted by molar-refractivity contribution is 5.98. The van der Waals surface area contributed by atoms with Gasteiger partial charge in [-0.3, -0.25) is 9.59 Å². The Bertz CT molecular complexity index is 345. The van der Waals surface area contributed by atoms with Crippen LogP contribution in [-0.4, -0.2) is 37.4 Å². The lowest BCUT2D eigenvalue weighted by Gasteiger charge is -2.12. The van der Waals surface area contributed by atoms with Crippen molar-refractivity contribution in [2.45, 2.75) is 47.0 Å². The highest BCUT2D eigenvalue weighted by Crippen LogP contribution is 2.00. The van der Waals surface area contributed by atoms with Crippen LogP contribution in [0.15, 0.2) is 0 Å². The summed E-state index contributed by atoms with van der Waals surface area (Å²) in [6, 6.07) is 0. The number of rotatable bonds is 7. The lowest BCUT2D eigenvalue weighted by molar-refractivity contribution is -0.162. The fourth-order valence-corrected chi connectivity index (χ4v) is 1.07. The first-order chi connectivity index (χ1) is 8.92. The van der Waals surface area contributed by atoms with Gasteiger partial charge in [-0.2, -0.15) is 0 Å². The van der Waals surface area contributed by atoms with Crippen molar-refractivity contribution in [3.63, 3.8) is 0 Å². The van der Waals surface area contributed by atoms with Crippen LogP contribution in [0.2, 0.25) is 0 Å². The molecule has 0 saturated carbocycles. The summed E-state index contributed by atoms with van der Waals surface area (Å²) in [4.78, 5) is 23.0. The van der Waals surface area contributed by atoms with Crippen molar-refractivity contribution in [3.8, 4) is 11.8 Å². The maximum atomic E-state index is 11.7. The molecule has 0 aliphatic rings. The molecule has 5 heteroatoms. The molecular weight excluding hydrogens is 248 g/mol. The highest BCUT2D eigenvalue weighted by atomic mass is 16.7. The Balaban J connectivity index is 4.45. The number of ether oxygens (including phenoxy) is 3. The average Bonchev–Trinajstić information content (AvgIpc) is 2.35. The van der Waals surface area contributed by atoms with E-state index in [2.05, 4.69) is 11.8 Å². The van der Waals surface area contributed by atoms with E-state index in [4.69, 9.17) is 14.2 Å². The zero-order chi connectivity index (χ0) is 14.8. The summed E-state index contributed by atoms with van der Waals surface area (Å²) in [5, 5.41) is 0. The first-order valence-electron chi connectivity index (χ1n) is 6.41. The van der Waals surface area contributed by atoms with E-state index >= 15 is 0 Å². The molecule has 0 aliphatic carbocycles. The van der Waals surface area contributed by atoms with Gasteiger partial charge in [0.2, 0.25) is 6.29 Å². The topological polar surface area (TPSA) is 61.8 Å². The van der Waals surface area contributed by atoms with Gasteiger partial charge < -0.3 is 14.2 Å². The van der Waals surface area contributed by atoms with Crippen molar-refractivity contribution < 1.29 is 23.8 Å². The van der Waals surface area contributed by atoms with Gasteiger partial charge in [0.05, 0.1) is 5.92 Å². The summed E-state index contributed by atoms with van der Waals surface area (Å²) in [5.41, 5.74) is 0. The normalized spacial score (nSPS) is 11.9. The SMILES string of the molecule is CCOC(OCC)C(=O)C#CC(C)OC(=O)C(C)C. The first-order valence-corrected chi connectivity index (χ1v) is 6.41. The summed E-state index contributed by atoms with van der Waals surface area (Å²) in [6.45, 7) is 9.31. The second-order valence-corrected chi connectivity index (χ2v) is 4.11. The molecule has 19 heavy (non-hydrogen) atoms. The third-order valence-corrected chi connectivity index (χ3v) is 2.01. The third kappa shape index (κ3) is 7.60. The van der Waals surface area contributed by atoms with Crippen molar-refractivity contribution in [1.82, 2.24) is 0 Å². The summed E-state index contributed by atoms with van der Waals surface area (Å²) in [7, 11) is 0. The lowest BCUT2D eigenvalue weighted by Crippen LogP contribution is -2.27. The van der Waals surface area contributed by atoms with Gasteiger partial charge in [0.25, 0.3) is 5.78 Å². The maximum Gasteiger partial charge on any atom is 0.309 e. The molecule has 0 saturated heterocycles. The molecule has 1 unspecified atom stereocenters. The smallest absolute Gasteiger partial charge is 0.309 e. The Morgan fingerprint density at radius 3 is 2.00 bits per heavy atom. The van der Waals surface area contributed by atoms with Crippen molar-refractivity contribution in [2.24, 2.45) is 5.92 Å². The lowest BCUT2D eigenvalue weighted by atomic mass is 10.2. The number of esters is 1. The van der Waals surface area contributed by atoms with Crippen molar-refractivity contribution in [3.05, 3.63) is 0 Å². The summed E-state index contributed by atoms with van der Waals surface area (Å²) in [5.74, 6) is 3.90. The summed E-state index contributed by atoms with van der Waals surface area (Å²) in [6.07, 6.45) is -1.61. The third-order valence-electron chi connectivity index (χ3n) is 2.01. The highest BCUT2D eigenvalue weighted by Gasteiger charge is 2.17. The summed E-state index contributed by atoms with van der Waals surface area (Å²) >= 11 is 0. The van der Waals surface area contributed by atoms with Crippen LogP contribution in [0, 0.1) is 17.8 Å². The molecule has 0 fully saturated rings. The van der Waals surface area contributed by atoms with E-state index in [0.717, 1.165) is 0 Å². The molecule has 0 aromatic rings. The van der Waals surface area contributed by atoms with E-state index in [-0.39, 0.29) is 11.9 Å². The average molecular weight is 270 g/mol. The number of ketones is 1. The van der Waals surface area contributed by atoms with E-state index in [0.29, 0.717) is 13.2 Å². The number of hydrogen-bond acceptors (Lipinski definition) is 5. The van der Waals surface area contributed by atoms with E-state index in [1.807, 2.05) is 0 Å². The molecule has 1 atom stereocenters. The van der Waals surface area contributed by atoms with Crippen LogP contribution in [0.5, 0.6) is 0 Å². The number of carbonyl (C=O) groups is 2. The van der Waals surface area contributed by atoms with Crippen molar-refractivity contribution in [1.29, 1.82) is 0 Å². The molecular formula is C14H22O5. The molecule has 0 amide bonds. The first kappa shape index (κ1) is 17.6. The van der Waals surface area contributed by atoms with E-state index in [1.165, 1.54) is 0 Å². The van der Waals surface area contributed by atoms with Gasteiger partial charge in [0.15, 0.2) is 6.10 Å². The van der Waals surface area contributed by atoms with Crippen LogP contribution in [0.4, 0.5) is 0 Å². The number of Topliss-reactive ketones (excluding diaryl/α,β-unsaturated/α-hetero) is 1. The van der Waals surface area contributed by atoms with E-state index < -0.39 is 18.2 Å². The Morgan fingerprint density at radius 1 is 1.05 bits per heavy atom. The zero-order valence-electron chi connectivity index (χ0n) is 12.2. The van der Waals surface area contributed by atoms with E-state index in [1.54, 1.807) is 34.6 Å². The monoisotopic (exact) mass is 270 g/mol. The van der Waals surface area contributed by atoms with Gasteiger partial charge in [0, 0.05) is 13.2 Å². The molecule has 0 bridgehead atoms. The van der Waals surface area contributed by atoms with Gasteiger partial charge in [-0.1, -0.05) is 19.8 Å². The molecule has 108 valence electrons. The van der Waals surface area contributed by atoms with Crippen LogP contribution in [0.1, 0.15) is 34.6 Å². The van der Waals surface area contributed by atoms with Crippen LogP contribution in [0.25, 0.3) is 0 Å².